The number of aryl methyl sites for hydroxylation is 1. The van der Waals surface area contributed by atoms with E-state index in [-0.39, 0.29) is 5.82 Å². The molecule has 1 saturated carbocycles. The van der Waals surface area contributed by atoms with Gasteiger partial charge in [-0.15, -0.1) is 0 Å². The van der Waals surface area contributed by atoms with Crippen molar-refractivity contribution in [3.05, 3.63) is 29.6 Å². The Bertz CT molecular complexity index is 369. The van der Waals surface area contributed by atoms with Gasteiger partial charge in [-0.1, -0.05) is 25.3 Å². The number of halogens is 1. The Labute approximate surface area is 103 Å². The van der Waals surface area contributed by atoms with Gasteiger partial charge < -0.3 is 5.32 Å². The predicted molar refractivity (Wildman–Crippen MR) is 70.8 cm³/mol. The first-order valence-electron chi connectivity index (χ1n) is 6.69. The molecule has 0 saturated heterocycles. The summed E-state index contributed by atoms with van der Waals surface area (Å²) in [5.74, 6) is 0.567. The van der Waals surface area contributed by atoms with Crippen molar-refractivity contribution in [3.8, 4) is 0 Å². The summed E-state index contributed by atoms with van der Waals surface area (Å²) in [7, 11) is 0. The highest BCUT2D eigenvalue weighted by molar-refractivity contribution is 5.46. The first-order valence-corrected chi connectivity index (χ1v) is 6.69. The van der Waals surface area contributed by atoms with E-state index in [9.17, 15) is 4.39 Å². The summed E-state index contributed by atoms with van der Waals surface area (Å²) in [5.41, 5.74) is 1.62. The molecule has 17 heavy (non-hydrogen) atoms. The van der Waals surface area contributed by atoms with Crippen molar-refractivity contribution in [2.75, 3.05) is 5.32 Å². The molecule has 1 fully saturated rings. The minimum Gasteiger partial charge on any atom is -0.380 e. The lowest BCUT2D eigenvalue weighted by molar-refractivity contribution is 0.328. The first kappa shape index (κ1) is 12.4. The van der Waals surface area contributed by atoms with Crippen molar-refractivity contribution in [1.29, 1.82) is 0 Å². The largest absolute Gasteiger partial charge is 0.380 e. The van der Waals surface area contributed by atoms with Gasteiger partial charge in [0.2, 0.25) is 0 Å². The van der Waals surface area contributed by atoms with Crippen LogP contribution in [0.15, 0.2) is 18.2 Å². The van der Waals surface area contributed by atoms with Gasteiger partial charge in [-0.05, 0) is 50.3 Å². The molecule has 2 heteroatoms. The summed E-state index contributed by atoms with van der Waals surface area (Å²) in [5, 5.41) is 3.33. The first-order chi connectivity index (χ1) is 8.16. The van der Waals surface area contributed by atoms with E-state index in [1.165, 1.54) is 32.1 Å². The zero-order valence-corrected chi connectivity index (χ0v) is 10.8. The Morgan fingerprint density at radius 3 is 2.59 bits per heavy atom. The van der Waals surface area contributed by atoms with Gasteiger partial charge in [0, 0.05) is 6.04 Å². The quantitative estimate of drug-likeness (QED) is 0.812. The molecule has 1 atom stereocenters. The highest BCUT2D eigenvalue weighted by Gasteiger charge is 2.20. The van der Waals surface area contributed by atoms with E-state index >= 15 is 0 Å². The van der Waals surface area contributed by atoms with Gasteiger partial charge in [0.15, 0.2) is 0 Å². The number of hydrogen-bond acceptors (Lipinski definition) is 1. The van der Waals surface area contributed by atoms with Crippen molar-refractivity contribution in [2.24, 2.45) is 5.92 Å². The summed E-state index contributed by atoms with van der Waals surface area (Å²) in [6, 6.07) is 5.77. The number of nitrogens with one attached hydrogen (secondary N) is 1. The third kappa shape index (κ3) is 3.21. The lowest BCUT2D eigenvalue weighted by Gasteiger charge is -2.29. The summed E-state index contributed by atoms with van der Waals surface area (Å²) >= 11 is 0. The van der Waals surface area contributed by atoms with Crippen LogP contribution in [-0.4, -0.2) is 6.04 Å². The van der Waals surface area contributed by atoms with E-state index in [4.69, 9.17) is 0 Å². The average Bonchev–Trinajstić information content (AvgIpc) is 2.34. The van der Waals surface area contributed by atoms with Crippen molar-refractivity contribution >= 4 is 5.69 Å². The average molecular weight is 235 g/mol. The Balaban J connectivity index is 1.99. The van der Waals surface area contributed by atoms with Gasteiger partial charge in [0.1, 0.15) is 5.82 Å². The van der Waals surface area contributed by atoms with Gasteiger partial charge in [-0.2, -0.15) is 0 Å². The molecule has 1 aliphatic carbocycles. The van der Waals surface area contributed by atoms with Crippen LogP contribution in [0.2, 0.25) is 0 Å². The van der Waals surface area contributed by atoms with E-state index in [0.717, 1.165) is 5.56 Å². The Morgan fingerprint density at radius 2 is 1.94 bits per heavy atom. The normalized spacial score (nSPS) is 19.0. The van der Waals surface area contributed by atoms with Crippen LogP contribution in [0.1, 0.15) is 44.6 Å². The lowest BCUT2D eigenvalue weighted by Crippen LogP contribution is -2.28. The molecule has 0 radical (unpaired) electrons. The third-order valence-electron chi connectivity index (χ3n) is 3.86. The van der Waals surface area contributed by atoms with Crippen LogP contribution in [0.25, 0.3) is 0 Å². The maximum atomic E-state index is 13.7. The van der Waals surface area contributed by atoms with Crippen LogP contribution >= 0.6 is 0 Å². The molecule has 1 unspecified atom stereocenters. The van der Waals surface area contributed by atoms with Crippen molar-refractivity contribution in [1.82, 2.24) is 0 Å². The van der Waals surface area contributed by atoms with E-state index in [2.05, 4.69) is 12.2 Å². The topological polar surface area (TPSA) is 12.0 Å². The Morgan fingerprint density at radius 1 is 1.24 bits per heavy atom. The number of benzene rings is 1. The molecule has 1 N–H and O–H groups in total. The van der Waals surface area contributed by atoms with Gasteiger partial charge >= 0.3 is 0 Å². The minimum absolute atomic E-state index is 0.132. The molecule has 0 aromatic heterocycles. The van der Waals surface area contributed by atoms with Crippen LogP contribution in [0.4, 0.5) is 10.1 Å². The molecule has 94 valence electrons. The zero-order chi connectivity index (χ0) is 12.3. The molecule has 1 aliphatic rings. The van der Waals surface area contributed by atoms with Crippen molar-refractivity contribution in [2.45, 2.75) is 52.0 Å². The van der Waals surface area contributed by atoms with Gasteiger partial charge in [0.05, 0.1) is 5.69 Å². The highest BCUT2D eigenvalue weighted by atomic mass is 19.1. The fourth-order valence-electron chi connectivity index (χ4n) is 2.73. The number of rotatable bonds is 3. The number of hydrogen-bond donors (Lipinski definition) is 1. The van der Waals surface area contributed by atoms with E-state index in [0.29, 0.717) is 17.6 Å². The van der Waals surface area contributed by atoms with E-state index < -0.39 is 0 Å². The SMILES string of the molecule is Cc1ccc(NC(C)C2CCCCC2)c(F)c1. The maximum Gasteiger partial charge on any atom is 0.146 e. The fraction of sp³-hybridized carbons (Fsp3) is 0.600. The standard InChI is InChI=1S/C15H22FN/c1-11-8-9-15(14(16)10-11)17-12(2)13-6-4-3-5-7-13/h8-10,12-13,17H,3-7H2,1-2H3. The maximum absolute atomic E-state index is 13.7. The molecule has 0 aliphatic heterocycles. The summed E-state index contributed by atoms with van der Waals surface area (Å²) in [6.07, 6.45) is 6.57. The molecule has 0 spiro atoms. The van der Waals surface area contributed by atoms with Crippen LogP contribution in [-0.2, 0) is 0 Å². The molecule has 2 rings (SSSR count). The van der Waals surface area contributed by atoms with Gasteiger partial charge in [-0.3, -0.25) is 0 Å². The second kappa shape index (κ2) is 5.52. The molecule has 0 amide bonds. The summed E-state index contributed by atoms with van der Waals surface area (Å²) in [4.78, 5) is 0. The molecular formula is C15H22FN. The van der Waals surface area contributed by atoms with Crippen LogP contribution < -0.4 is 5.32 Å². The van der Waals surface area contributed by atoms with Crippen LogP contribution in [0.3, 0.4) is 0 Å². The molecule has 1 aromatic carbocycles. The van der Waals surface area contributed by atoms with E-state index in [1.54, 1.807) is 6.07 Å². The summed E-state index contributed by atoms with van der Waals surface area (Å²) < 4.78 is 13.7. The molecule has 1 aromatic rings. The molecule has 0 bridgehead atoms. The Kier molecular flexibility index (Phi) is 4.03. The fourth-order valence-corrected chi connectivity index (χ4v) is 2.73. The smallest absolute Gasteiger partial charge is 0.146 e. The monoisotopic (exact) mass is 235 g/mol. The molecular weight excluding hydrogens is 213 g/mol. The van der Waals surface area contributed by atoms with E-state index in [1.807, 2.05) is 19.1 Å². The predicted octanol–water partition coefficient (Wildman–Crippen LogP) is 4.51. The lowest BCUT2D eigenvalue weighted by atomic mass is 9.84. The van der Waals surface area contributed by atoms with Gasteiger partial charge in [-0.25, -0.2) is 4.39 Å². The minimum atomic E-state index is -0.132. The van der Waals surface area contributed by atoms with Gasteiger partial charge in [0.25, 0.3) is 0 Å². The van der Waals surface area contributed by atoms with Crippen LogP contribution in [0, 0.1) is 18.7 Å². The molecule has 0 heterocycles. The number of anilines is 1. The van der Waals surface area contributed by atoms with Crippen molar-refractivity contribution in [3.63, 3.8) is 0 Å². The second-order valence-corrected chi connectivity index (χ2v) is 5.31. The third-order valence-corrected chi connectivity index (χ3v) is 3.86. The highest BCUT2D eigenvalue weighted by Crippen LogP contribution is 2.28. The van der Waals surface area contributed by atoms with Crippen LogP contribution in [0.5, 0.6) is 0 Å². The Hall–Kier alpha value is -1.05. The zero-order valence-electron chi connectivity index (χ0n) is 10.8. The van der Waals surface area contributed by atoms with Crippen molar-refractivity contribution < 1.29 is 4.39 Å². The second-order valence-electron chi connectivity index (χ2n) is 5.31. The summed E-state index contributed by atoms with van der Waals surface area (Å²) in [6.45, 7) is 4.09. The molecule has 1 nitrogen and oxygen atoms in total.